The highest BCUT2D eigenvalue weighted by Crippen LogP contribution is 2.11. The first-order chi connectivity index (χ1) is 7.05. The van der Waals surface area contributed by atoms with E-state index in [9.17, 15) is 4.79 Å². The molecule has 0 aliphatic heterocycles. The van der Waals surface area contributed by atoms with Crippen LogP contribution in [-0.2, 0) is 9.68 Å². The zero-order valence-corrected chi connectivity index (χ0v) is 8.17. The van der Waals surface area contributed by atoms with Gasteiger partial charge in [0.2, 0.25) is 0 Å². The molecule has 0 aromatic carbocycles. The normalized spacial score (nSPS) is 9.93. The molecule has 7 heteroatoms. The highest BCUT2D eigenvalue weighted by Gasteiger charge is 2.26. The molecule has 0 radical (unpaired) electrons. The van der Waals surface area contributed by atoms with Gasteiger partial charge in [-0.25, -0.2) is 4.79 Å². The van der Waals surface area contributed by atoms with E-state index in [1.165, 1.54) is 0 Å². The van der Waals surface area contributed by atoms with Crippen molar-refractivity contribution >= 4 is 5.97 Å². The van der Waals surface area contributed by atoms with Crippen molar-refractivity contribution in [1.82, 2.24) is 0 Å². The molecule has 0 aromatic rings. The summed E-state index contributed by atoms with van der Waals surface area (Å²) in [5.41, 5.74) is -1.11. The Morgan fingerprint density at radius 2 is 1.47 bits per heavy atom. The summed E-state index contributed by atoms with van der Waals surface area (Å²) in [6, 6.07) is 0. The summed E-state index contributed by atoms with van der Waals surface area (Å²) in [5.74, 6) is -0.838. The zero-order valence-electron chi connectivity index (χ0n) is 8.17. The summed E-state index contributed by atoms with van der Waals surface area (Å²) < 4.78 is 0. The Morgan fingerprint density at radius 3 is 1.47 bits per heavy atom. The molecule has 0 bridgehead atoms. The molecule has 0 rings (SSSR count). The van der Waals surface area contributed by atoms with Crippen LogP contribution >= 0.6 is 0 Å². The molecule has 5 N–H and O–H groups in total. The van der Waals surface area contributed by atoms with E-state index in [-0.39, 0.29) is 0 Å². The molecule has 0 spiro atoms. The fourth-order valence-electron chi connectivity index (χ4n) is 0.337. The summed E-state index contributed by atoms with van der Waals surface area (Å²) in [6.07, 6.45) is 0.861. The second-order valence-electron chi connectivity index (χ2n) is 2.75. The third-order valence-electron chi connectivity index (χ3n) is 1.60. The standard InChI is InChI=1S/C5H12O4.C3H4O3/c6-1-5(2-7,3-8)4-9;1-2-3(4)6-5/h6-9H,1-4H2;2,5H,1H2. The minimum absolute atomic E-state index is 0.406. The van der Waals surface area contributed by atoms with Gasteiger partial charge < -0.3 is 20.4 Å². The number of rotatable bonds is 5. The van der Waals surface area contributed by atoms with Crippen LogP contribution in [0, 0.1) is 5.41 Å². The zero-order chi connectivity index (χ0) is 12.3. The Labute approximate surface area is 86.8 Å². The second kappa shape index (κ2) is 9.56. The van der Waals surface area contributed by atoms with E-state index in [1.807, 2.05) is 0 Å². The summed E-state index contributed by atoms with van der Waals surface area (Å²) in [5, 5.41) is 41.4. The molecule has 0 aromatic heterocycles. The SMILES string of the molecule is C=CC(=O)OO.OCC(CO)(CO)CO. The van der Waals surface area contributed by atoms with Crippen molar-refractivity contribution in [1.29, 1.82) is 0 Å². The van der Waals surface area contributed by atoms with E-state index in [0.717, 1.165) is 6.08 Å². The van der Waals surface area contributed by atoms with Crippen molar-refractivity contribution in [3.05, 3.63) is 12.7 Å². The third-order valence-corrected chi connectivity index (χ3v) is 1.60. The highest BCUT2D eigenvalue weighted by atomic mass is 17.1. The largest absolute Gasteiger partial charge is 0.396 e. The van der Waals surface area contributed by atoms with Crippen molar-refractivity contribution < 1.29 is 35.4 Å². The van der Waals surface area contributed by atoms with Gasteiger partial charge in [0.05, 0.1) is 31.8 Å². The summed E-state index contributed by atoms with van der Waals surface area (Å²) in [7, 11) is 0. The maximum Gasteiger partial charge on any atom is 0.365 e. The smallest absolute Gasteiger partial charge is 0.365 e. The minimum atomic E-state index is -1.11. The third kappa shape index (κ3) is 7.00. The topological polar surface area (TPSA) is 127 Å². The number of carbonyl (C=O) groups excluding carboxylic acids is 1. The Balaban J connectivity index is 0. The van der Waals surface area contributed by atoms with Crippen LogP contribution in [0.1, 0.15) is 0 Å². The molecule has 0 heterocycles. The lowest BCUT2D eigenvalue weighted by atomic mass is 9.93. The van der Waals surface area contributed by atoms with Crippen molar-refractivity contribution in [2.75, 3.05) is 26.4 Å². The summed E-state index contributed by atoms with van der Waals surface area (Å²) in [6.45, 7) is 1.37. The van der Waals surface area contributed by atoms with Gasteiger partial charge in [-0.1, -0.05) is 6.58 Å². The van der Waals surface area contributed by atoms with Gasteiger partial charge in [0.15, 0.2) is 0 Å². The van der Waals surface area contributed by atoms with Gasteiger partial charge >= 0.3 is 5.97 Å². The van der Waals surface area contributed by atoms with Crippen molar-refractivity contribution in [2.45, 2.75) is 0 Å². The van der Waals surface area contributed by atoms with Crippen LogP contribution in [0.25, 0.3) is 0 Å². The lowest BCUT2D eigenvalue weighted by Gasteiger charge is -2.23. The van der Waals surface area contributed by atoms with Gasteiger partial charge in [-0.3, -0.25) is 4.89 Å². The number of aliphatic hydroxyl groups is 4. The predicted octanol–water partition coefficient (Wildman–Crippen LogP) is -1.87. The minimum Gasteiger partial charge on any atom is -0.396 e. The van der Waals surface area contributed by atoms with Crippen LogP contribution in [0.2, 0.25) is 0 Å². The van der Waals surface area contributed by atoms with E-state index in [4.69, 9.17) is 25.7 Å². The number of carbonyl (C=O) groups is 1. The van der Waals surface area contributed by atoms with E-state index >= 15 is 0 Å². The molecule has 0 saturated carbocycles. The average Bonchev–Trinajstić information content (AvgIpc) is 2.32. The molecule has 0 fully saturated rings. The van der Waals surface area contributed by atoms with Crippen LogP contribution in [0.5, 0.6) is 0 Å². The van der Waals surface area contributed by atoms with Gasteiger partial charge in [-0.2, -0.15) is 5.26 Å². The molecule has 7 nitrogen and oxygen atoms in total. The van der Waals surface area contributed by atoms with Crippen LogP contribution in [-0.4, -0.2) is 58.1 Å². The van der Waals surface area contributed by atoms with Crippen molar-refractivity contribution in [3.8, 4) is 0 Å². The monoisotopic (exact) mass is 224 g/mol. The number of aliphatic hydroxyl groups excluding tert-OH is 4. The Hall–Kier alpha value is -0.990. The van der Waals surface area contributed by atoms with Crippen LogP contribution in [0.3, 0.4) is 0 Å². The average molecular weight is 224 g/mol. The van der Waals surface area contributed by atoms with Crippen LogP contribution in [0.4, 0.5) is 0 Å². The fourth-order valence-corrected chi connectivity index (χ4v) is 0.337. The first-order valence-corrected chi connectivity index (χ1v) is 3.97. The van der Waals surface area contributed by atoms with E-state index in [1.54, 1.807) is 0 Å². The first kappa shape index (κ1) is 16.4. The highest BCUT2D eigenvalue weighted by molar-refractivity contribution is 5.80. The van der Waals surface area contributed by atoms with Gasteiger partial charge in [0.25, 0.3) is 0 Å². The van der Waals surface area contributed by atoms with Crippen LogP contribution in [0.15, 0.2) is 12.7 Å². The molecule has 0 aliphatic carbocycles. The van der Waals surface area contributed by atoms with Crippen molar-refractivity contribution in [3.63, 3.8) is 0 Å². The Morgan fingerprint density at radius 1 is 1.13 bits per heavy atom. The quantitative estimate of drug-likeness (QED) is 0.210. The lowest BCUT2D eigenvalue weighted by Crippen LogP contribution is -2.37. The maximum atomic E-state index is 9.59. The van der Waals surface area contributed by atoms with Gasteiger partial charge in [0, 0.05) is 6.08 Å². The Bertz CT molecular complexity index is 158. The van der Waals surface area contributed by atoms with Crippen LogP contribution < -0.4 is 0 Å². The second-order valence-corrected chi connectivity index (χ2v) is 2.75. The predicted molar refractivity (Wildman–Crippen MR) is 49.7 cm³/mol. The molecule has 0 atom stereocenters. The summed E-state index contributed by atoms with van der Waals surface area (Å²) in [4.78, 5) is 12.7. The molecule has 15 heavy (non-hydrogen) atoms. The molecule has 0 unspecified atom stereocenters. The maximum absolute atomic E-state index is 9.59. The number of hydrogen-bond donors (Lipinski definition) is 5. The lowest BCUT2D eigenvalue weighted by molar-refractivity contribution is -0.228. The molecular weight excluding hydrogens is 208 g/mol. The van der Waals surface area contributed by atoms with Gasteiger partial charge in [-0.05, 0) is 0 Å². The van der Waals surface area contributed by atoms with Gasteiger partial charge in [0.1, 0.15) is 0 Å². The molecular formula is C8H16O7. The number of hydrogen-bond acceptors (Lipinski definition) is 7. The van der Waals surface area contributed by atoms with E-state index < -0.39 is 37.8 Å². The molecule has 0 amide bonds. The Kier molecular flexibility index (Phi) is 10.5. The first-order valence-electron chi connectivity index (χ1n) is 3.97. The summed E-state index contributed by atoms with van der Waals surface area (Å²) >= 11 is 0. The van der Waals surface area contributed by atoms with Crippen molar-refractivity contribution in [2.24, 2.45) is 5.41 Å². The molecule has 0 aliphatic rings. The fraction of sp³-hybridized carbons (Fsp3) is 0.625. The van der Waals surface area contributed by atoms with Gasteiger partial charge in [-0.15, -0.1) is 0 Å². The van der Waals surface area contributed by atoms with E-state index in [2.05, 4.69) is 11.5 Å². The molecule has 0 saturated heterocycles. The molecule has 90 valence electrons. The van der Waals surface area contributed by atoms with E-state index in [0.29, 0.717) is 0 Å².